The van der Waals surface area contributed by atoms with Crippen molar-refractivity contribution in [3.63, 3.8) is 0 Å². The Labute approximate surface area is 424 Å². The zero-order valence-corrected chi connectivity index (χ0v) is 41.8. The van der Waals surface area contributed by atoms with E-state index in [0.29, 0.717) is 0 Å². The summed E-state index contributed by atoms with van der Waals surface area (Å²) in [5.41, 5.74) is 17.9. The van der Waals surface area contributed by atoms with Crippen molar-refractivity contribution in [3.05, 3.63) is 282 Å². The third-order valence-corrected chi connectivity index (χ3v) is 15.5. The summed E-state index contributed by atoms with van der Waals surface area (Å²) in [6.45, 7) is 11.7. The molecule has 0 saturated carbocycles. The van der Waals surface area contributed by atoms with Crippen LogP contribution in [0.25, 0.3) is 49.0 Å². The van der Waals surface area contributed by atoms with E-state index >= 15 is 0 Å². The second-order valence-corrected chi connectivity index (χ2v) is 20.5. The van der Waals surface area contributed by atoms with Crippen LogP contribution in [0.4, 0.5) is 34.1 Å². The topological polar surface area (TPSA) is 6.48 Å². The molecular formula is C70H58N2. The van der Waals surface area contributed by atoms with Crippen molar-refractivity contribution in [1.82, 2.24) is 0 Å². The second kappa shape index (κ2) is 18.1. The van der Waals surface area contributed by atoms with Crippen molar-refractivity contribution in [3.8, 4) is 11.1 Å². The van der Waals surface area contributed by atoms with Crippen LogP contribution < -0.4 is 9.80 Å². The molecule has 0 unspecified atom stereocenters. The van der Waals surface area contributed by atoms with Crippen molar-refractivity contribution < 1.29 is 0 Å². The van der Waals surface area contributed by atoms with Gasteiger partial charge in [0.25, 0.3) is 0 Å². The predicted molar refractivity (Wildman–Crippen MR) is 309 cm³/mol. The van der Waals surface area contributed by atoms with Gasteiger partial charge >= 0.3 is 0 Å². The van der Waals surface area contributed by atoms with E-state index in [1.165, 1.54) is 94.0 Å². The van der Waals surface area contributed by atoms with Crippen LogP contribution in [0.1, 0.15) is 68.0 Å². The van der Waals surface area contributed by atoms with Crippen LogP contribution in [0.15, 0.2) is 249 Å². The Kier molecular flexibility index (Phi) is 11.2. The molecule has 0 aliphatic carbocycles. The zero-order valence-electron chi connectivity index (χ0n) is 41.8. The third kappa shape index (κ3) is 7.58. The first-order valence-corrected chi connectivity index (χ1v) is 25.4. The molecule has 10 aromatic rings. The minimum absolute atomic E-state index is 0.170. The standard InChI is InChI=1S/C70H58N2/c1-48(23-6-7-24-49-27-20-28-50-25-8-10-31-55(49)50)54-33-22-30-52(71-65-39-16-12-35-61(65)69(2,3)62-36-13-17-40-66(62)71)43-45-58(57-34-21-29-51-26-9-11-32-56(51)57)59-46-44-53(47-60(54)59)72-67-41-18-14-37-63(67)70(4,5)64-38-15-19-42-68(64)72/h6-23,25-47H,24H2,1-5H3/b7-6-,30-22?,33-22?,45-43?,48-23+,52-30?,52-43?,54-33?,58-45?,59-58?,60-54?. The van der Waals surface area contributed by atoms with Gasteiger partial charge in [0.2, 0.25) is 0 Å². The molecule has 0 fully saturated rings. The molecular weight excluding hydrogens is 869 g/mol. The molecule has 72 heavy (non-hydrogen) atoms. The molecule has 0 bridgehead atoms. The number of nitrogens with zero attached hydrogens (tertiary/aromatic N) is 2. The summed E-state index contributed by atoms with van der Waals surface area (Å²) >= 11 is 0. The van der Waals surface area contributed by atoms with Gasteiger partial charge in [0.05, 0.1) is 22.7 Å². The maximum absolute atomic E-state index is 2.48. The Morgan fingerprint density at radius 3 is 1.46 bits per heavy atom. The number of rotatable bonds is 7. The number of hydrogen-bond acceptors (Lipinski definition) is 2. The highest BCUT2D eigenvalue weighted by molar-refractivity contribution is 6.08. The lowest BCUT2D eigenvalue weighted by Gasteiger charge is -2.42. The molecule has 0 atom stereocenters. The van der Waals surface area contributed by atoms with Crippen LogP contribution in [0.5, 0.6) is 0 Å². The van der Waals surface area contributed by atoms with Gasteiger partial charge < -0.3 is 9.80 Å². The van der Waals surface area contributed by atoms with Crippen molar-refractivity contribution >= 4 is 72.0 Å². The largest absolute Gasteiger partial charge is 0.310 e. The number of hydrogen-bond donors (Lipinski definition) is 0. The van der Waals surface area contributed by atoms with Gasteiger partial charge in [-0.25, -0.2) is 0 Å². The van der Waals surface area contributed by atoms with Crippen LogP contribution in [0.3, 0.4) is 0 Å². The van der Waals surface area contributed by atoms with Gasteiger partial charge in [-0.05, 0) is 144 Å². The predicted octanol–water partition coefficient (Wildman–Crippen LogP) is 19.4. The van der Waals surface area contributed by atoms with E-state index in [4.69, 9.17) is 0 Å². The maximum Gasteiger partial charge on any atom is 0.0502 e. The number of allylic oxidation sites excluding steroid dienone is 4. The molecule has 10 aromatic carbocycles. The summed E-state index contributed by atoms with van der Waals surface area (Å²) in [7, 11) is 0. The number of benzene rings is 9. The minimum Gasteiger partial charge on any atom is -0.310 e. The van der Waals surface area contributed by atoms with Crippen molar-refractivity contribution in [2.75, 3.05) is 9.80 Å². The highest BCUT2D eigenvalue weighted by Gasteiger charge is 2.38. The van der Waals surface area contributed by atoms with Gasteiger partial charge in [0.15, 0.2) is 0 Å². The molecule has 348 valence electrons. The van der Waals surface area contributed by atoms with E-state index in [1.807, 2.05) is 0 Å². The molecule has 0 saturated heterocycles. The molecule has 12 rings (SSSR count). The van der Waals surface area contributed by atoms with Crippen LogP contribution in [0.2, 0.25) is 0 Å². The first-order chi connectivity index (χ1) is 35.2. The van der Waals surface area contributed by atoms with E-state index in [1.54, 1.807) is 0 Å². The van der Waals surface area contributed by atoms with Crippen LogP contribution >= 0.6 is 0 Å². The highest BCUT2D eigenvalue weighted by atomic mass is 15.2. The summed E-state index contributed by atoms with van der Waals surface area (Å²) in [5.74, 6) is 0. The average molecular weight is 927 g/mol. The Morgan fingerprint density at radius 2 is 0.847 bits per heavy atom. The van der Waals surface area contributed by atoms with Gasteiger partial charge in [-0.3, -0.25) is 0 Å². The molecule has 2 aliphatic rings. The molecule has 0 N–H and O–H groups in total. The first kappa shape index (κ1) is 44.7. The summed E-state index contributed by atoms with van der Waals surface area (Å²) in [6, 6.07) is 85.4. The first-order valence-electron chi connectivity index (χ1n) is 25.4. The maximum atomic E-state index is 2.48. The summed E-state index contributed by atoms with van der Waals surface area (Å²) in [4.78, 5) is 4.95. The molecule has 2 aliphatic heterocycles. The number of fused-ring (bicyclic) bond motifs is 7. The lowest BCUT2D eigenvalue weighted by Crippen LogP contribution is -2.30. The van der Waals surface area contributed by atoms with E-state index in [9.17, 15) is 0 Å². The summed E-state index contributed by atoms with van der Waals surface area (Å²) < 4.78 is 0. The monoisotopic (exact) mass is 926 g/mol. The van der Waals surface area contributed by atoms with Crippen LogP contribution in [-0.4, -0.2) is 0 Å². The SMILES string of the molecule is C/C(=C\C=C/Cc1cccc2ccccc12)c1cccc(N2c3ccccc3C(C)(C)c3ccccc32)ccc(-c2cccc3ccccc23)c2ccc(N3c4ccccc4C(C)(C)c4ccccc43)cc12. The second-order valence-electron chi connectivity index (χ2n) is 20.5. The van der Waals surface area contributed by atoms with Gasteiger partial charge in [-0.15, -0.1) is 0 Å². The van der Waals surface area contributed by atoms with Crippen molar-refractivity contribution in [2.45, 2.75) is 51.9 Å². The fourth-order valence-corrected chi connectivity index (χ4v) is 11.8. The fourth-order valence-electron chi connectivity index (χ4n) is 11.8. The Morgan fingerprint density at radius 1 is 0.389 bits per heavy atom. The van der Waals surface area contributed by atoms with Crippen LogP contribution in [-0.2, 0) is 17.3 Å². The fraction of sp³-hybridized carbons (Fsp3) is 0.114. The lowest BCUT2D eigenvalue weighted by molar-refractivity contribution is 0.632. The van der Waals surface area contributed by atoms with E-state index in [0.717, 1.165) is 28.9 Å². The highest BCUT2D eigenvalue weighted by Crippen LogP contribution is 2.54. The van der Waals surface area contributed by atoms with Crippen molar-refractivity contribution in [2.24, 2.45) is 0 Å². The zero-order chi connectivity index (χ0) is 49.0. The van der Waals surface area contributed by atoms with Crippen molar-refractivity contribution in [1.29, 1.82) is 0 Å². The smallest absolute Gasteiger partial charge is 0.0502 e. The van der Waals surface area contributed by atoms with Gasteiger partial charge in [-0.1, -0.05) is 228 Å². The minimum atomic E-state index is -0.175. The molecule has 2 heteroatoms. The van der Waals surface area contributed by atoms with Crippen LogP contribution in [0, 0.1) is 0 Å². The Bertz CT molecular complexity index is 3770. The molecule has 0 aromatic heterocycles. The third-order valence-electron chi connectivity index (χ3n) is 15.5. The Hall–Kier alpha value is -8.46. The average Bonchev–Trinajstić information content (AvgIpc) is 3.41. The molecule has 0 amide bonds. The Balaban J connectivity index is 1.14. The normalized spacial score (nSPS) is 14.4. The number of anilines is 6. The summed E-state index contributed by atoms with van der Waals surface area (Å²) in [6.07, 6.45) is 7.70. The lowest BCUT2D eigenvalue weighted by atomic mass is 9.73. The van der Waals surface area contributed by atoms with Gasteiger partial charge in [0, 0.05) is 22.2 Å². The van der Waals surface area contributed by atoms with Gasteiger partial charge in [0.1, 0.15) is 0 Å². The van der Waals surface area contributed by atoms with E-state index < -0.39 is 0 Å². The van der Waals surface area contributed by atoms with E-state index in [-0.39, 0.29) is 10.8 Å². The number of para-hydroxylation sites is 4. The quantitative estimate of drug-likeness (QED) is 0.147. The molecule has 2 nitrogen and oxygen atoms in total. The van der Waals surface area contributed by atoms with E-state index in [2.05, 4.69) is 293 Å². The molecule has 0 radical (unpaired) electrons. The summed E-state index contributed by atoms with van der Waals surface area (Å²) in [5, 5.41) is 7.33. The van der Waals surface area contributed by atoms with Gasteiger partial charge in [-0.2, -0.15) is 0 Å². The molecule has 2 heterocycles. The molecule has 0 spiro atoms.